The average Bonchev–Trinajstić information content (AvgIpc) is 3.68. The van der Waals surface area contributed by atoms with E-state index in [4.69, 9.17) is 4.74 Å². The minimum Gasteiger partial charge on any atom is -0.491 e. The molecule has 1 aromatic heterocycles. The molecule has 1 saturated heterocycles. The Morgan fingerprint density at radius 3 is 2.46 bits per heavy atom. The minimum absolute atomic E-state index is 0.00646. The van der Waals surface area contributed by atoms with Crippen molar-refractivity contribution in [3.8, 4) is 5.75 Å². The van der Waals surface area contributed by atoms with Gasteiger partial charge in [0.15, 0.2) is 11.6 Å². The molecule has 1 amide bonds. The molecular formula is C26H28F2N4O3. The lowest BCUT2D eigenvalue weighted by Crippen LogP contribution is -2.44. The Bertz CT molecular complexity index is 1380. The van der Waals surface area contributed by atoms with Gasteiger partial charge >= 0.3 is 0 Å². The van der Waals surface area contributed by atoms with E-state index in [1.54, 1.807) is 4.57 Å². The summed E-state index contributed by atoms with van der Waals surface area (Å²) < 4.78 is 35.4. The van der Waals surface area contributed by atoms with E-state index < -0.39 is 23.0 Å². The van der Waals surface area contributed by atoms with Crippen LogP contribution in [0.25, 0.3) is 10.9 Å². The number of pyridine rings is 1. The number of rotatable bonds is 5. The lowest BCUT2D eigenvalue weighted by atomic mass is 10.1. The molecule has 0 unspecified atom stereocenters. The number of amides is 1. The molecule has 35 heavy (non-hydrogen) atoms. The maximum Gasteiger partial charge on any atom is 0.261 e. The largest absolute Gasteiger partial charge is 0.491 e. The first-order valence-electron chi connectivity index (χ1n) is 11.7. The van der Waals surface area contributed by atoms with Gasteiger partial charge in [0.2, 0.25) is 11.2 Å². The van der Waals surface area contributed by atoms with Gasteiger partial charge in [-0.1, -0.05) is 0 Å². The van der Waals surface area contributed by atoms with Gasteiger partial charge in [-0.25, -0.2) is 4.39 Å². The fourth-order valence-electron chi connectivity index (χ4n) is 4.66. The summed E-state index contributed by atoms with van der Waals surface area (Å²) in [7, 11) is 3.33. The highest BCUT2D eigenvalue weighted by atomic mass is 19.2. The molecule has 0 bridgehead atoms. The molecule has 5 rings (SSSR count). The van der Waals surface area contributed by atoms with Crippen LogP contribution in [-0.2, 0) is 0 Å². The van der Waals surface area contributed by atoms with Gasteiger partial charge in [0, 0.05) is 49.8 Å². The summed E-state index contributed by atoms with van der Waals surface area (Å²) in [6, 6.07) is 6.65. The van der Waals surface area contributed by atoms with Gasteiger partial charge in [-0.2, -0.15) is 4.39 Å². The summed E-state index contributed by atoms with van der Waals surface area (Å²) in [6.07, 6.45) is 3.06. The standard InChI is InChI=1S/C26H28F2N4O3/c1-15-12-17(31-10-8-30(2)9-11-31)6-7-21(15)29-26(34)19-14-32(16-4-5-16)23-18(24(19)33)13-20(27)22(28)25(23)35-3/h6-7,12-14,16H,4-5,8-11H2,1-3H3,(H,29,34). The summed E-state index contributed by atoms with van der Waals surface area (Å²) in [6.45, 7) is 5.74. The Kier molecular flexibility index (Phi) is 5.96. The minimum atomic E-state index is -1.19. The molecule has 7 nitrogen and oxygen atoms in total. The topological polar surface area (TPSA) is 66.8 Å². The Morgan fingerprint density at radius 2 is 1.83 bits per heavy atom. The number of halogens is 2. The van der Waals surface area contributed by atoms with Crippen LogP contribution in [0.1, 0.15) is 34.8 Å². The molecule has 3 aromatic rings. The van der Waals surface area contributed by atoms with E-state index in [2.05, 4.69) is 22.2 Å². The number of benzene rings is 2. The third kappa shape index (κ3) is 4.25. The molecule has 0 radical (unpaired) electrons. The molecule has 0 atom stereocenters. The highest BCUT2D eigenvalue weighted by molar-refractivity contribution is 6.06. The molecule has 1 saturated carbocycles. The quantitative estimate of drug-likeness (QED) is 0.597. The van der Waals surface area contributed by atoms with E-state index in [0.717, 1.165) is 56.3 Å². The van der Waals surface area contributed by atoms with Gasteiger partial charge in [-0.3, -0.25) is 9.59 Å². The molecule has 0 spiro atoms. The van der Waals surface area contributed by atoms with Crippen LogP contribution in [0, 0.1) is 18.6 Å². The number of aromatic nitrogens is 1. The van der Waals surface area contributed by atoms with E-state index >= 15 is 0 Å². The average molecular weight is 483 g/mol. The number of aryl methyl sites for hydroxylation is 1. The van der Waals surface area contributed by atoms with E-state index in [0.29, 0.717) is 5.69 Å². The number of hydrogen-bond donors (Lipinski definition) is 1. The van der Waals surface area contributed by atoms with E-state index in [-0.39, 0.29) is 28.3 Å². The lowest BCUT2D eigenvalue weighted by molar-refractivity contribution is 0.102. The highest BCUT2D eigenvalue weighted by Crippen LogP contribution is 2.40. The number of carbonyl (C=O) groups excluding carboxylic acids is 1. The second-order valence-corrected chi connectivity index (χ2v) is 9.36. The first kappa shape index (κ1) is 23.3. The van der Waals surface area contributed by atoms with Crippen LogP contribution in [0.3, 0.4) is 0 Å². The first-order valence-corrected chi connectivity index (χ1v) is 11.7. The van der Waals surface area contributed by atoms with Gasteiger partial charge in [-0.15, -0.1) is 0 Å². The predicted octanol–water partition coefficient (Wildman–Crippen LogP) is 3.94. The van der Waals surface area contributed by atoms with Crippen molar-refractivity contribution in [3.05, 3.63) is 63.4 Å². The molecule has 2 aliphatic rings. The lowest BCUT2D eigenvalue weighted by Gasteiger charge is -2.34. The van der Waals surface area contributed by atoms with Crippen LogP contribution in [0.4, 0.5) is 20.2 Å². The van der Waals surface area contributed by atoms with Crippen molar-refractivity contribution in [2.75, 3.05) is 50.6 Å². The van der Waals surface area contributed by atoms with Crippen molar-refractivity contribution < 1.29 is 18.3 Å². The Morgan fingerprint density at radius 1 is 1.11 bits per heavy atom. The number of hydrogen-bond acceptors (Lipinski definition) is 5. The Hall–Kier alpha value is -3.46. The molecular weight excluding hydrogens is 454 g/mol. The normalized spacial score (nSPS) is 16.5. The van der Waals surface area contributed by atoms with E-state index in [1.807, 2.05) is 25.1 Å². The van der Waals surface area contributed by atoms with E-state index in [9.17, 15) is 18.4 Å². The maximum atomic E-state index is 14.4. The number of methoxy groups -OCH3 is 1. The summed E-state index contributed by atoms with van der Waals surface area (Å²) in [5.74, 6) is -3.26. The van der Waals surface area contributed by atoms with Crippen molar-refractivity contribution in [1.29, 1.82) is 0 Å². The van der Waals surface area contributed by atoms with Gasteiger partial charge in [0.05, 0.1) is 18.0 Å². The Balaban J connectivity index is 1.49. The highest BCUT2D eigenvalue weighted by Gasteiger charge is 2.30. The fourth-order valence-corrected chi connectivity index (χ4v) is 4.66. The zero-order valence-electron chi connectivity index (χ0n) is 20.0. The zero-order chi connectivity index (χ0) is 24.9. The second kappa shape index (κ2) is 8.96. The first-order chi connectivity index (χ1) is 16.8. The monoisotopic (exact) mass is 482 g/mol. The Labute approximate surface area is 201 Å². The number of piperazine rings is 1. The molecule has 184 valence electrons. The third-order valence-corrected chi connectivity index (χ3v) is 6.88. The summed E-state index contributed by atoms with van der Waals surface area (Å²) in [5.41, 5.74) is 1.92. The van der Waals surface area contributed by atoms with Gasteiger partial charge in [0.1, 0.15) is 5.56 Å². The number of fused-ring (bicyclic) bond motifs is 1. The second-order valence-electron chi connectivity index (χ2n) is 9.36. The van der Waals surface area contributed by atoms with Crippen LogP contribution in [0.2, 0.25) is 0 Å². The predicted molar refractivity (Wildman–Crippen MR) is 132 cm³/mol. The van der Waals surface area contributed by atoms with Crippen molar-refractivity contribution in [1.82, 2.24) is 9.47 Å². The van der Waals surface area contributed by atoms with Crippen LogP contribution < -0.4 is 20.4 Å². The van der Waals surface area contributed by atoms with Crippen LogP contribution in [0.5, 0.6) is 5.75 Å². The van der Waals surface area contributed by atoms with Crippen LogP contribution >= 0.6 is 0 Å². The van der Waals surface area contributed by atoms with Crippen molar-refractivity contribution in [3.63, 3.8) is 0 Å². The summed E-state index contributed by atoms with van der Waals surface area (Å²) >= 11 is 0. The van der Waals surface area contributed by atoms with Gasteiger partial charge in [-0.05, 0) is 56.6 Å². The van der Waals surface area contributed by atoms with Crippen LogP contribution in [-0.4, -0.2) is 55.7 Å². The van der Waals surface area contributed by atoms with Crippen molar-refractivity contribution in [2.45, 2.75) is 25.8 Å². The summed E-state index contributed by atoms with van der Waals surface area (Å²) in [5, 5.41) is 2.75. The zero-order valence-corrected chi connectivity index (χ0v) is 20.0. The van der Waals surface area contributed by atoms with Gasteiger partial charge in [0.25, 0.3) is 5.91 Å². The molecule has 1 N–H and O–H groups in total. The number of ether oxygens (including phenoxy) is 1. The number of nitrogens with zero attached hydrogens (tertiary/aromatic N) is 3. The van der Waals surface area contributed by atoms with Crippen LogP contribution in [0.15, 0.2) is 35.3 Å². The number of nitrogens with one attached hydrogen (secondary N) is 1. The number of carbonyl (C=O) groups is 1. The fraction of sp³-hybridized carbons (Fsp3) is 0.385. The van der Waals surface area contributed by atoms with Crippen molar-refractivity contribution in [2.24, 2.45) is 0 Å². The van der Waals surface area contributed by atoms with Crippen molar-refractivity contribution >= 4 is 28.2 Å². The number of likely N-dealkylation sites (N-methyl/N-ethyl adjacent to an activating group) is 1. The number of anilines is 2. The SMILES string of the molecule is COc1c(F)c(F)cc2c(=O)c(C(=O)Nc3ccc(N4CCN(C)CC4)cc3C)cn(C3CC3)c12. The molecule has 2 fully saturated rings. The van der Waals surface area contributed by atoms with Gasteiger partial charge < -0.3 is 24.4 Å². The molecule has 1 aliphatic carbocycles. The smallest absolute Gasteiger partial charge is 0.261 e. The molecule has 9 heteroatoms. The molecule has 1 aliphatic heterocycles. The maximum absolute atomic E-state index is 14.4. The molecule has 2 heterocycles. The molecule has 2 aromatic carbocycles. The van der Waals surface area contributed by atoms with E-state index in [1.165, 1.54) is 13.3 Å². The third-order valence-electron chi connectivity index (χ3n) is 6.88. The summed E-state index contributed by atoms with van der Waals surface area (Å²) in [4.78, 5) is 31.0.